The molecule has 0 aliphatic carbocycles. The van der Waals surface area contributed by atoms with Gasteiger partial charge in [0, 0.05) is 13.1 Å². The van der Waals surface area contributed by atoms with Crippen molar-refractivity contribution >= 4 is 11.9 Å². The Hall–Kier alpha value is -1.14. The minimum atomic E-state index is -0.435. The Morgan fingerprint density at radius 3 is 2.58 bits per heavy atom. The Kier molecular flexibility index (Phi) is 5.15. The van der Waals surface area contributed by atoms with E-state index in [2.05, 4.69) is 20.9 Å². The molecule has 3 N–H and O–H groups in total. The molecule has 19 heavy (non-hydrogen) atoms. The fraction of sp³-hybridized carbons (Fsp3) is 0.846. The number of imide groups is 1. The molecule has 2 aliphatic rings. The highest BCUT2D eigenvalue weighted by molar-refractivity contribution is 5.95. The van der Waals surface area contributed by atoms with Gasteiger partial charge in [-0.2, -0.15) is 0 Å². The van der Waals surface area contributed by atoms with Crippen LogP contribution in [0, 0.1) is 5.92 Å². The van der Waals surface area contributed by atoms with Gasteiger partial charge in [0.1, 0.15) is 0 Å². The minimum Gasteiger partial charge on any atom is -0.341 e. The zero-order valence-corrected chi connectivity index (χ0v) is 11.6. The van der Waals surface area contributed by atoms with Crippen molar-refractivity contribution in [3.05, 3.63) is 0 Å². The molecule has 3 amide bonds. The van der Waals surface area contributed by atoms with Crippen LogP contribution in [-0.2, 0) is 4.79 Å². The average Bonchev–Trinajstić information content (AvgIpc) is 2.93. The summed E-state index contributed by atoms with van der Waals surface area (Å²) in [6.45, 7) is 3.37. The van der Waals surface area contributed by atoms with Gasteiger partial charge >= 0.3 is 6.03 Å². The molecule has 0 saturated carbocycles. The predicted molar refractivity (Wildman–Crippen MR) is 72.8 cm³/mol. The highest BCUT2D eigenvalue weighted by Crippen LogP contribution is 2.25. The molecule has 108 valence electrons. The van der Waals surface area contributed by atoms with Crippen LogP contribution in [-0.4, -0.2) is 56.1 Å². The first kappa shape index (κ1) is 14.3. The predicted octanol–water partition coefficient (Wildman–Crippen LogP) is -0.0940. The Bertz CT molecular complexity index is 321. The summed E-state index contributed by atoms with van der Waals surface area (Å²) in [6, 6.07) is 0.247. The fourth-order valence-electron chi connectivity index (χ4n) is 3.06. The highest BCUT2D eigenvalue weighted by atomic mass is 16.2. The van der Waals surface area contributed by atoms with Crippen LogP contribution in [0.25, 0.3) is 0 Å². The van der Waals surface area contributed by atoms with Gasteiger partial charge in [0.05, 0.1) is 6.54 Å². The molecule has 0 aromatic heterocycles. The Morgan fingerprint density at radius 2 is 2.00 bits per heavy atom. The second kappa shape index (κ2) is 6.86. The minimum absolute atomic E-state index is 0.225. The highest BCUT2D eigenvalue weighted by Gasteiger charge is 2.28. The van der Waals surface area contributed by atoms with Gasteiger partial charge < -0.3 is 10.6 Å². The van der Waals surface area contributed by atoms with Gasteiger partial charge in [-0.25, -0.2) is 4.79 Å². The first-order chi connectivity index (χ1) is 9.19. The van der Waals surface area contributed by atoms with E-state index in [1.165, 1.54) is 19.9 Å². The van der Waals surface area contributed by atoms with E-state index in [-0.39, 0.29) is 5.91 Å². The van der Waals surface area contributed by atoms with Crippen LogP contribution in [0.4, 0.5) is 4.79 Å². The fourth-order valence-corrected chi connectivity index (χ4v) is 3.06. The lowest BCUT2D eigenvalue weighted by Gasteiger charge is -2.34. The van der Waals surface area contributed by atoms with Crippen LogP contribution in [0.5, 0.6) is 0 Å². The summed E-state index contributed by atoms with van der Waals surface area (Å²) >= 11 is 0. The van der Waals surface area contributed by atoms with E-state index in [1.54, 1.807) is 0 Å². The third-order valence-electron chi connectivity index (χ3n) is 4.15. The monoisotopic (exact) mass is 268 g/mol. The topological polar surface area (TPSA) is 73.5 Å². The van der Waals surface area contributed by atoms with E-state index in [0.717, 1.165) is 38.4 Å². The van der Waals surface area contributed by atoms with Gasteiger partial charge in [-0.3, -0.25) is 15.0 Å². The van der Waals surface area contributed by atoms with Gasteiger partial charge in [0.2, 0.25) is 5.91 Å². The number of hydrogen-bond donors (Lipinski definition) is 3. The molecule has 2 heterocycles. The maximum atomic E-state index is 11.6. The number of amides is 3. The Morgan fingerprint density at radius 1 is 1.26 bits per heavy atom. The van der Waals surface area contributed by atoms with Crippen LogP contribution >= 0.6 is 0 Å². The summed E-state index contributed by atoms with van der Waals surface area (Å²) in [4.78, 5) is 24.7. The largest absolute Gasteiger partial charge is 0.341 e. The van der Waals surface area contributed by atoms with Crippen molar-refractivity contribution < 1.29 is 9.59 Å². The number of rotatable bonds is 3. The van der Waals surface area contributed by atoms with Crippen molar-refractivity contribution in [2.45, 2.75) is 31.7 Å². The molecule has 0 radical (unpaired) electrons. The number of carbonyl (C=O) groups excluding carboxylic acids is 2. The second-order valence-electron chi connectivity index (χ2n) is 5.44. The quantitative estimate of drug-likeness (QED) is 0.668. The van der Waals surface area contributed by atoms with E-state index in [9.17, 15) is 9.59 Å². The van der Waals surface area contributed by atoms with Crippen LogP contribution in [0.3, 0.4) is 0 Å². The van der Waals surface area contributed by atoms with Crippen LogP contribution < -0.4 is 16.0 Å². The van der Waals surface area contributed by atoms with E-state index < -0.39 is 6.03 Å². The summed E-state index contributed by atoms with van der Waals surface area (Å²) < 4.78 is 0. The number of hydrogen-bond acceptors (Lipinski definition) is 4. The summed E-state index contributed by atoms with van der Waals surface area (Å²) in [7, 11) is 1.50. The van der Waals surface area contributed by atoms with Crippen molar-refractivity contribution in [3.63, 3.8) is 0 Å². The van der Waals surface area contributed by atoms with Gasteiger partial charge in [-0.05, 0) is 51.2 Å². The van der Waals surface area contributed by atoms with Gasteiger partial charge in [0.25, 0.3) is 0 Å². The number of nitrogens with zero attached hydrogens (tertiary/aromatic N) is 1. The lowest BCUT2D eigenvalue weighted by atomic mass is 9.88. The smallest absolute Gasteiger partial charge is 0.321 e. The van der Waals surface area contributed by atoms with Crippen LogP contribution in [0.1, 0.15) is 25.7 Å². The molecular formula is C13H24N4O2. The first-order valence-electron chi connectivity index (χ1n) is 7.16. The van der Waals surface area contributed by atoms with Crippen molar-refractivity contribution in [3.8, 4) is 0 Å². The number of carbonyl (C=O) groups is 2. The zero-order chi connectivity index (χ0) is 13.7. The van der Waals surface area contributed by atoms with E-state index in [0.29, 0.717) is 12.6 Å². The maximum Gasteiger partial charge on any atom is 0.321 e. The number of urea groups is 1. The van der Waals surface area contributed by atoms with Gasteiger partial charge in [0.15, 0.2) is 0 Å². The number of likely N-dealkylation sites (tertiary alicyclic amines) is 1. The summed E-state index contributed by atoms with van der Waals surface area (Å²) in [5, 5.41) is 8.24. The molecule has 1 unspecified atom stereocenters. The van der Waals surface area contributed by atoms with Crippen molar-refractivity contribution in [1.29, 1.82) is 0 Å². The van der Waals surface area contributed by atoms with Crippen molar-refractivity contribution in [2.24, 2.45) is 5.92 Å². The van der Waals surface area contributed by atoms with E-state index >= 15 is 0 Å². The van der Waals surface area contributed by atoms with Gasteiger partial charge in [-0.1, -0.05) is 0 Å². The maximum absolute atomic E-state index is 11.6. The molecule has 0 spiro atoms. The summed E-state index contributed by atoms with van der Waals surface area (Å²) in [5.74, 6) is 0.526. The summed E-state index contributed by atoms with van der Waals surface area (Å²) in [5.41, 5.74) is 0. The molecule has 0 aromatic rings. The lowest BCUT2D eigenvalue weighted by molar-refractivity contribution is -0.121. The van der Waals surface area contributed by atoms with E-state index in [4.69, 9.17) is 0 Å². The first-order valence-corrected chi connectivity index (χ1v) is 7.16. The zero-order valence-electron chi connectivity index (χ0n) is 11.6. The summed E-state index contributed by atoms with van der Waals surface area (Å²) in [6.07, 6.45) is 4.87. The molecule has 2 fully saturated rings. The average molecular weight is 268 g/mol. The van der Waals surface area contributed by atoms with E-state index in [1.807, 2.05) is 0 Å². The Balaban J connectivity index is 1.68. The third kappa shape index (κ3) is 4.18. The Labute approximate surface area is 114 Å². The third-order valence-corrected chi connectivity index (χ3v) is 4.15. The number of nitrogens with one attached hydrogen (secondary N) is 3. The second-order valence-corrected chi connectivity index (χ2v) is 5.44. The molecule has 2 saturated heterocycles. The standard InChI is InChI=1S/C13H24N4O2/c1-14-13(19)16-12(18)9-17-7-4-10(5-8-17)11-3-2-6-15-11/h10-11,15H,2-9H2,1H3,(H2,14,16,18,19). The molecule has 2 rings (SSSR count). The molecule has 0 bridgehead atoms. The van der Waals surface area contributed by atoms with Crippen molar-refractivity contribution in [2.75, 3.05) is 33.2 Å². The molecule has 6 heteroatoms. The SMILES string of the molecule is CNC(=O)NC(=O)CN1CCC(C2CCCN2)CC1. The molecule has 2 aliphatic heterocycles. The molecule has 6 nitrogen and oxygen atoms in total. The van der Waals surface area contributed by atoms with Crippen molar-refractivity contribution in [1.82, 2.24) is 20.9 Å². The number of piperidine rings is 1. The molecule has 0 aromatic carbocycles. The van der Waals surface area contributed by atoms with Crippen LogP contribution in [0.15, 0.2) is 0 Å². The van der Waals surface area contributed by atoms with Crippen LogP contribution in [0.2, 0.25) is 0 Å². The normalized spacial score (nSPS) is 25.2. The lowest BCUT2D eigenvalue weighted by Crippen LogP contribution is -2.47. The van der Waals surface area contributed by atoms with Gasteiger partial charge in [-0.15, -0.1) is 0 Å². The molecule has 1 atom stereocenters. The molecular weight excluding hydrogens is 244 g/mol.